The lowest BCUT2D eigenvalue weighted by Crippen LogP contribution is -2.29. The molecule has 31 heavy (non-hydrogen) atoms. The summed E-state index contributed by atoms with van der Waals surface area (Å²) in [7, 11) is 0. The average Bonchev–Trinajstić information content (AvgIpc) is 3.44. The van der Waals surface area contributed by atoms with Gasteiger partial charge in [-0.3, -0.25) is 10.1 Å². The summed E-state index contributed by atoms with van der Waals surface area (Å²) in [5.41, 5.74) is 1.93. The molecule has 5 rings (SSSR count). The third-order valence-corrected chi connectivity index (χ3v) is 6.86. The lowest BCUT2D eigenvalue weighted by atomic mass is 9.97. The zero-order chi connectivity index (χ0) is 20.5. The lowest BCUT2D eigenvalue weighted by molar-refractivity contribution is 0.0662. The van der Waals surface area contributed by atoms with Crippen molar-refractivity contribution in [3.05, 3.63) is 52.5 Å². The monoisotopic (exact) mass is 458 g/mol. The molecule has 164 valence electrons. The van der Waals surface area contributed by atoms with Gasteiger partial charge in [0.15, 0.2) is 0 Å². The summed E-state index contributed by atoms with van der Waals surface area (Å²) in [5.74, 6) is 1.03. The molecule has 3 aromatic rings. The summed E-state index contributed by atoms with van der Waals surface area (Å²) < 4.78 is 5.47. The van der Waals surface area contributed by atoms with E-state index in [2.05, 4.69) is 45.1 Å². The predicted molar refractivity (Wildman–Crippen MR) is 126 cm³/mol. The third kappa shape index (κ3) is 5.06. The van der Waals surface area contributed by atoms with Crippen molar-refractivity contribution >= 4 is 45.6 Å². The Bertz CT molecular complexity index is 1070. The number of nitrogens with zero attached hydrogens (tertiary/aromatic N) is 2. The molecular weight excluding hydrogens is 432 g/mol. The summed E-state index contributed by atoms with van der Waals surface area (Å²) in [5, 5.41) is 18.3. The summed E-state index contributed by atoms with van der Waals surface area (Å²) in [6.45, 7) is 4.70. The Morgan fingerprint density at radius 2 is 2.00 bits per heavy atom. The van der Waals surface area contributed by atoms with Crippen LogP contribution in [0.5, 0.6) is 0 Å². The molecular formula is C23H27ClN4O2S. The van der Waals surface area contributed by atoms with Gasteiger partial charge in [-0.2, -0.15) is 0 Å². The molecule has 6 nitrogen and oxygen atoms in total. The van der Waals surface area contributed by atoms with Crippen LogP contribution in [0.15, 0.2) is 36.4 Å². The fourth-order valence-corrected chi connectivity index (χ4v) is 4.91. The Balaban J connectivity index is 0.00000231. The normalized spacial score (nSPS) is 20.9. The van der Waals surface area contributed by atoms with Gasteiger partial charge in [0, 0.05) is 30.7 Å². The van der Waals surface area contributed by atoms with Crippen molar-refractivity contribution in [1.29, 1.82) is 0 Å². The number of nitrogens with one attached hydrogen (secondary N) is 2. The largest absolute Gasteiger partial charge is 0.381 e. The maximum absolute atomic E-state index is 12.9. The Morgan fingerprint density at radius 3 is 2.77 bits per heavy atom. The van der Waals surface area contributed by atoms with E-state index in [4.69, 9.17) is 4.74 Å². The van der Waals surface area contributed by atoms with E-state index in [1.807, 2.05) is 19.1 Å². The number of carbonyl (C=O) groups is 1. The Hall–Kier alpha value is -2.06. The highest BCUT2D eigenvalue weighted by Gasteiger charge is 2.39. The Labute approximate surface area is 192 Å². The molecule has 1 saturated carbocycles. The topological polar surface area (TPSA) is 76.1 Å². The first-order valence-corrected chi connectivity index (χ1v) is 11.4. The molecule has 2 aliphatic rings. The highest BCUT2D eigenvalue weighted by Crippen LogP contribution is 2.44. The summed E-state index contributed by atoms with van der Waals surface area (Å²) in [6, 6.07) is 12.9. The Morgan fingerprint density at radius 1 is 1.19 bits per heavy atom. The highest BCUT2D eigenvalue weighted by atomic mass is 35.5. The highest BCUT2D eigenvalue weighted by molar-refractivity contribution is 7.15. The lowest BCUT2D eigenvalue weighted by Gasteiger charge is -2.22. The van der Waals surface area contributed by atoms with E-state index in [-0.39, 0.29) is 18.3 Å². The maximum atomic E-state index is 12.9. The molecule has 1 aliphatic carbocycles. The van der Waals surface area contributed by atoms with E-state index in [1.54, 1.807) is 0 Å². The molecule has 1 aromatic heterocycles. The minimum Gasteiger partial charge on any atom is -0.381 e. The molecule has 0 bridgehead atoms. The van der Waals surface area contributed by atoms with Gasteiger partial charge < -0.3 is 10.1 Å². The van der Waals surface area contributed by atoms with Gasteiger partial charge >= 0.3 is 0 Å². The number of hydrogen-bond acceptors (Lipinski definition) is 6. The minimum absolute atomic E-state index is 0. The van der Waals surface area contributed by atoms with Crippen molar-refractivity contribution in [2.45, 2.75) is 38.1 Å². The van der Waals surface area contributed by atoms with Gasteiger partial charge in [0.05, 0.1) is 0 Å². The molecule has 0 spiro atoms. The van der Waals surface area contributed by atoms with Gasteiger partial charge in [-0.1, -0.05) is 35.6 Å². The van der Waals surface area contributed by atoms with E-state index in [0.717, 1.165) is 49.4 Å². The standard InChI is InChI=1S/C23H26N4O2S.ClH/c1-14-26-27-23(30-14)25-22(28)17-10-16-4-2-3-5-18(16)19(11-17)20-12-21(20)24-13-15-6-8-29-9-7-15;/h2-5,10-11,15,20-21,24H,6-9,12-13H2,1H3,(H,25,27,28);1H/t20-,21+;/m0./s1. The second-order valence-corrected chi connectivity index (χ2v) is 9.46. The van der Waals surface area contributed by atoms with Crippen molar-refractivity contribution < 1.29 is 9.53 Å². The van der Waals surface area contributed by atoms with Crippen LogP contribution in [-0.4, -0.2) is 41.9 Å². The number of rotatable bonds is 6. The summed E-state index contributed by atoms with van der Waals surface area (Å²) >= 11 is 1.38. The first kappa shape index (κ1) is 22.1. The average molecular weight is 459 g/mol. The van der Waals surface area contributed by atoms with E-state index < -0.39 is 0 Å². The van der Waals surface area contributed by atoms with E-state index in [9.17, 15) is 4.79 Å². The smallest absolute Gasteiger partial charge is 0.257 e. The van der Waals surface area contributed by atoms with Crippen molar-refractivity contribution in [2.75, 3.05) is 25.1 Å². The van der Waals surface area contributed by atoms with Crippen LogP contribution in [0.2, 0.25) is 0 Å². The fourth-order valence-electron chi connectivity index (χ4n) is 4.33. The van der Waals surface area contributed by atoms with Crippen LogP contribution in [-0.2, 0) is 4.74 Å². The number of aromatic nitrogens is 2. The maximum Gasteiger partial charge on any atom is 0.257 e. The summed E-state index contributed by atoms with van der Waals surface area (Å²) in [4.78, 5) is 12.9. The molecule has 1 aliphatic heterocycles. The van der Waals surface area contributed by atoms with Gasteiger partial charge in [0.2, 0.25) is 5.13 Å². The van der Waals surface area contributed by atoms with Gasteiger partial charge in [-0.15, -0.1) is 22.6 Å². The summed E-state index contributed by atoms with van der Waals surface area (Å²) in [6.07, 6.45) is 3.41. The molecule has 1 amide bonds. The van der Waals surface area contributed by atoms with Gasteiger partial charge in [0.1, 0.15) is 5.01 Å². The number of benzene rings is 2. The molecule has 2 heterocycles. The van der Waals surface area contributed by atoms with Crippen LogP contribution in [0.25, 0.3) is 10.8 Å². The quantitative estimate of drug-likeness (QED) is 0.566. The van der Waals surface area contributed by atoms with Gasteiger partial charge in [-0.05, 0) is 67.1 Å². The van der Waals surface area contributed by atoms with Crippen LogP contribution in [0.3, 0.4) is 0 Å². The molecule has 2 aromatic carbocycles. The van der Waals surface area contributed by atoms with Crippen LogP contribution in [0.1, 0.15) is 46.1 Å². The molecule has 0 unspecified atom stereocenters. The molecule has 2 atom stereocenters. The molecule has 2 fully saturated rings. The van der Waals surface area contributed by atoms with Crippen LogP contribution >= 0.6 is 23.7 Å². The van der Waals surface area contributed by atoms with Crippen LogP contribution in [0, 0.1) is 12.8 Å². The van der Waals surface area contributed by atoms with Crippen molar-refractivity contribution in [3.8, 4) is 0 Å². The number of fused-ring (bicyclic) bond motifs is 1. The van der Waals surface area contributed by atoms with Crippen LogP contribution < -0.4 is 10.6 Å². The van der Waals surface area contributed by atoms with E-state index in [1.165, 1.54) is 22.3 Å². The second kappa shape index (κ2) is 9.61. The SMILES string of the molecule is Cc1nnc(NC(=O)c2cc([C@@H]3C[C@H]3NCC3CCOCC3)c3ccccc3c2)s1.Cl. The van der Waals surface area contributed by atoms with E-state index >= 15 is 0 Å². The number of anilines is 1. The third-order valence-electron chi connectivity index (χ3n) is 6.10. The zero-order valence-electron chi connectivity index (χ0n) is 17.5. The fraction of sp³-hybridized carbons (Fsp3) is 0.435. The first-order chi connectivity index (χ1) is 14.7. The van der Waals surface area contributed by atoms with Gasteiger partial charge in [0.25, 0.3) is 5.91 Å². The number of halogens is 1. The second-order valence-electron chi connectivity index (χ2n) is 8.28. The number of aryl methyl sites for hydroxylation is 1. The Kier molecular flexibility index (Phi) is 6.86. The molecule has 2 N–H and O–H groups in total. The van der Waals surface area contributed by atoms with Crippen molar-refractivity contribution in [2.24, 2.45) is 5.92 Å². The molecule has 0 radical (unpaired) electrons. The van der Waals surface area contributed by atoms with Crippen molar-refractivity contribution in [1.82, 2.24) is 15.5 Å². The van der Waals surface area contributed by atoms with Crippen LogP contribution in [0.4, 0.5) is 5.13 Å². The number of amides is 1. The predicted octanol–water partition coefficient (Wildman–Crippen LogP) is 4.55. The zero-order valence-corrected chi connectivity index (χ0v) is 19.1. The van der Waals surface area contributed by atoms with Gasteiger partial charge in [-0.25, -0.2) is 0 Å². The molecule has 1 saturated heterocycles. The van der Waals surface area contributed by atoms with Crippen molar-refractivity contribution in [3.63, 3.8) is 0 Å². The van der Waals surface area contributed by atoms with E-state index in [0.29, 0.717) is 28.6 Å². The number of carbonyl (C=O) groups excluding carboxylic acids is 1. The first-order valence-electron chi connectivity index (χ1n) is 10.6. The number of ether oxygens (including phenoxy) is 1. The molecule has 8 heteroatoms. The number of hydrogen-bond donors (Lipinski definition) is 2. The minimum atomic E-state index is -0.134.